The van der Waals surface area contributed by atoms with Gasteiger partial charge in [0.25, 0.3) is 0 Å². The lowest BCUT2D eigenvalue weighted by atomic mass is 10.1. The van der Waals surface area contributed by atoms with Gasteiger partial charge < -0.3 is 10.2 Å². The fraction of sp³-hybridized carbons (Fsp3) is 0.562. The number of carbonyl (C=O) groups excluding carboxylic acids is 1. The van der Waals surface area contributed by atoms with Gasteiger partial charge in [-0.3, -0.25) is 4.79 Å². The van der Waals surface area contributed by atoms with Crippen LogP contribution in [-0.4, -0.2) is 51.4 Å². The molecular weight excluding hydrogens is 314 g/mol. The summed E-state index contributed by atoms with van der Waals surface area (Å²) in [6.45, 7) is 3.18. The normalized spacial score (nSPS) is 22.2. The zero-order chi connectivity index (χ0) is 16.6. The number of fused-ring (bicyclic) bond motifs is 1. The molecule has 0 aliphatic carbocycles. The second-order valence-electron chi connectivity index (χ2n) is 6.20. The molecule has 2 aliphatic heterocycles. The third-order valence-corrected chi connectivity index (χ3v) is 6.62. The van der Waals surface area contributed by atoms with Crippen molar-refractivity contribution in [2.45, 2.75) is 37.1 Å². The van der Waals surface area contributed by atoms with Crippen LogP contribution in [0.4, 0.5) is 5.69 Å². The number of sulfonamides is 1. The third-order valence-electron chi connectivity index (χ3n) is 4.76. The molecule has 1 aromatic rings. The molecule has 126 valence electrons. The summed E-state index contributed by atoms with van der Waals surface area (Å²) in [6, 6.07) is 5.36. The molecule has 1 aromatic carbocycles. The molecule has 0 radical (unpaired) electrons. The van der Waals surface area contributed by atoms with Crippen molar-refractivity contribution >= 4 is 21.6 Å². The summed E-state index contributed by atoms with van der Waals surface area (Å²) in [5.41, 5.74) is 1.77. The van der Waals surface area contributed by atoms with Gasteiger partial charge >= 0.3 is 0 Å². The highest BCUT2D eigenvalue weighted by Gasteiger charge is 2.31. The molecule has 0 spiro atoms. The van der Waals surface area contributed by atoms with E-state index in [1.807, 2.05) is 13.1 Å². The smallest absolute Gasteiger partial charge is 0.243 e. The lowest BCUT2D eigenvalue weighted by Gasteiger charge is -2.31. The Labute approximate surface area is 137 Å². The first kappa shape index (κ1) is 16.4. The molecule has 23 heavy (non-hydrogen) atoms. The molecule has 2 heterocycles. The Morgan fingerprint density at radius 1 is 1.30 bits per heavy atom. The summed E-state index contributed by atoms with van der Waals surface area (Å²) in [4.78, 5) is 13.6. The summed E-state index contributed by atoms with van der Waals surface area (Å²) in [6.07, 6.45) is 2.63. The van der Waals surface area contributed by atoms with E-state index in [0.29, 0.717) is 19.6 Å². The van der Waals surface area contributed by atoms with Gasteiger partial charge in [-0.1, -0.05) is 6.07 Å². The van der Waals surface area contributed by atoms with Crippen molar-refractivity contribution in [1.82, 2.24) is 9.62 Å². The average molecular weight is 337 g/mol. The van der Waals surface area contributed by atoms with Gasteiger partial charge in [0.1, 0.15) is 0 Å². The Kier molecular flexibility index (Phi) is 4.44. The van der Waals surface area contributed by atoms with E-state index in [-0.39, 0.29) is 16.8 Å². The zero-order valence-electron chi connectivity index (χ0n) is 13.6. The second kappa shape index (κ2) is 6.22. The molecule has 2 aliphatic rings. The van der Waals surface area contributed by atoms with E-state index in [9.17, 15) is 13.2 Å². The topological polar surface area (TPSA) is 69.7 Å². The average Bonchev–Trinajstić information content (AvgIpc) is 2.98. The molecule has 0 aromatic heterocycles. The highest BCUT2D eigenvalue weighted by atomic mass is 32.2. The van der Waals surface area contributed by atoms with Crippen LogP contribution in [0, 0.1) is 0 Å². The number of benzene rings is 1. The maximum Gasteiger partial charge on any atom is 0.243 e. The van der Waals surface area contributed by atoms with E-state index in [4.69, 9.17) is 0 Å². The molecule has 0 bridgehead atoms. The van der Waals surface area contributed by atoms with E-state index in [0.717, 1.165) is 30.5 Å². The number of hydrogen-bond acceptors (Lipinski definition) is 4. The number of carbonyl (C=O) groups is 1. The molecule has 1 N–H and O–H groups in total. The summed E-state index contributed by atoms with van der Waals surface area (Å²) < 4.78 is 27.4. The van der Waals surface area contributed by atoms with E-state index >= 15 is 0 Å². The predicted octanol–water partition coefficient (Wildman–Crippen LogP) is 0.968. The minimum Gasteiger partial charge on any atom is -0.316 e. The van der Waals surface area contributed by atoms with Crippen LogP contribution < -0.4 is 10.2 Å². The van der Waals surface area contributed by atoms with Crippen LogP contribution in [-0.2, 0) is 21.2 Å². The molecule has 0 unspecified atom stereocenters. The van der Waals surface area contributed by atoms with Crippen molar-refractivity contribution in [3.8, 4) is 0 Å². The standard InChI is InChI=1S/C16H23N3O3S/c1-12(20)19-9-7-13-5-6-15(10-16(13)19)23(21,22)18-8-3-4-14(11-18)17-2/h5-6,10,14,17H,3-4,7-9,11H2,1-2H3/t14-/m1/s1. The molecular formula is C16H23N3O3S. The second-order valence-corrected chi connectivity index (χ2v) is 8.14. The van der Waals surface area contributed by atoms with E-state index < -0.39 is 10.0 Å². The van der Waals surface area contributed by atoms with Crippen LogP contribution in [0.2, 0.25) is 0 Å². The van der Waals surface area contributed by atoms with Crippen molar-refractivity contribution in [2.75, 3.05) is 31.6 Å². The highest BCUT2D eigenvalue weighted by molar-refractivity contribution is 7.89. The van der Waals surface area contributed by atoms with Gasteiger partial charge in [0.2, 0.25) is 15.9 Å². The quantitative estimate of drug-likeness (QED) is 0.892. The Hall–Kier alpha value is -1.44. The summed E-state index contributed by atoms with van der Waals surface area (Å²) in [7, 11) is -1.66. The van der Waals surface area contributed by atoms with E-state index in [1.54, 1.807) is 21.3 Å². The summed E-state index contributed by atoms with van der Waals surface area (Å²) in [5.74, 6) is -0.0495. The Bertz CT molecular complexity index is 717. The first-order valence-electron chi connectivity index (χ1n) is 8.02. The van der Waals surface area contributed by atoms with Gasteiger partial charge in [-0.2, -0.15) is 4.31 Å². The van der Waals surface area contributed by atoms with Gasteiger partial charge in [-0.05, 0) is 44.0 Å². The predicted molar refractivity (Wildman–Crippen MR) is 89.0 cm³/mol. The van der Waals surface area contributed by atoms with Gasteiger partial charge in [0.05, 0.1) is 4.90 Å². The van der Waals surface area contributed by atoms with E-state index in [1.165, 1.54) is 6.92 Å². The van der Waals surface area contributed by atoms with Crippen molar-refractivity contribution in [3.63, 3.8) is 0 Å². The van der Waals surface area contributed by atoms with Crippen LogP contribution in [0.5, 0.6) is 0 Å². The molecule has 1 atom stereocenters. The number of likely N-dealkylation sites (N-methyl/N-ethyl adjacent to an activating group) is 1. The maximum absolute atomic E-state index is 12.9. The van der Waals surface area contributed by atoms with Gasteiger partial charge in [-0.15, -0.1) is 0 Å². The molecule has 3 rings (SSSR count). The molecule has 7 heteroatoms. The van der Waals surface area contributed by atoms with Crippen molar-refractivity contribution in [1.29, 1.82) is 0 Å². The van der Waals surface area contributed by atoms with Crippen LogP contribution in [0.15, 0.2) is 23.1 Å². The summed E-state index contributed by atoms with van der Waals surface area (Å²) >= 11 is 0. The minimum atomic E-state index is -3.52. The Morgan fingerprint density at radius 3 is 2.78 bits per heavy atom. The van der Waals surface area contributed by atoms with Crippen LogP contribution in [0.25, 0.3) is 0 Å². The van der Waals surface area contributed by atoms with Gasteiger partial charge in [-0.25, -0.2) is 8.42 Å². The molecule has 1 fully saturated rings. The van der Waals surface area contributed by atoms with Gasteiger partial charge in [0.15, 0.2) is 0 Å². The molecule has 0 saturated carbocycles. The Morgan fingerprint density at radius 2 is 2.09 bits per heavy atom. The highest BCUT2D eigenvalue weighted by Crippen LogP contribution is 2.32. The van der Waals surface area contributed by atoms with Crippen molar-refractivity contribution in [2.24, 2.45) is 0 Å². The fourth-order valence-electron chi connectivity index (χ4n) is 3.39. The number of rotatable bonds is 3. The third kappa shape index (κ3) is 3.00. The summed E-state index contributed by atoms with van der Waals surface area (Å²) in [5, 5.41) is 3.16. The number of hydrogen-bond donors (Lipinski definition) is 1. The largest absolute Gasteiger partial charge is 0.316 e. The van der Waals surface area contributed by atoms with Crippen molar-refractivity contribution < 1.29 is 13.2 Å². The van der Waals surface area contributed by atoms with Crippen LogP contribution in [0.1, 0.15) is 25.3 Å². The number of nitrogens with zero attached hydrogens (tertiary/aromatic N) is 2. The van der Waals surface area contributed by atoms with Gasteiger partial charge in [0, 0.05) is 38.3 Å². The number of amides is 1. The SMILES string of the molecule is CN[C@@H]1CCCN(S(=O)(=O)c2ccc3c(c2)N(C(C)=O)CC3)C1. The number of piperidine rings is 1. The van der Waals surface area contributed by atoms with Crippen molar-refractivity contribution in [3.05, 3.63) is 23.8 Å². The monoisotopic (exact) mass is 337 g/mol. The first-order chi connectivity index (χ1) is 10.9. The molecule has 6 nitrogen and oxygen atoms in total. The molecule has 1 amide bonds. The lowest BCUT2D eigenvalue weighted by Crippen LogP contribution is -2.46. The Balaban J connectivity index is 1.92. The maximum atomic E-state index is 12.9. The first-order valence-corrected chi connectivity index (χ1v) is 9.46. The van der Waals surface area contributed by atoms with E-state index in [2.05, 4.69) is 5.32 Å². The number of anilines is 1. The molecule has 1 saturated heterocycles. The zero-order valence-corrected chi connectivity index (χ0v) is 14.4. The van der Waals surface area contributed by atoms with Crippen LogP contribution >= 0.6 is 0 Å². The lowest BCUT2D eigenvalue weighted by molar-refractivity contribution is -0.116. The minimum absolute atomic E-state index is 0.0495. The van der Waals surface area contributed by atoms with Crippen LogP contribution in [0.3, 0.4) is 0 Å². The fourth-order valence-corrected chi connectivity index (χ4v) is 4.94. The number of nitrogens with one attached hydrogen (secondary N) is 1.